The third-order valence-corrected chi connectivity index (χ3v) is 3.81. The predicted octanol–water partition coefficient (Wildman–Crippen LogP) is 3.03. The minimum Gasteiger partial charge on any atom is -0.376 e. The Hall–Kier alpha value is -0.0900. The highest BCUT2D eigenvalue weighted by atomic mass is 127. The fraction of sp³-hybridized carbons (Fsp3) is 0.455. The van der Waals surface area contributed by atoms with Gasteiger partial charge in [-0.05, 0) is 17.9 Å². The first-order valence-electron chi connectivity index (χ1n) is 4.62. The molecule has 0 N–H and O–H groups in total. The van der Waals surface area contributed by atoms with Crippen molar-refractivity contribution in [3.05, 3.63) is 35.9 Å². The number of alkyl halides is 1. The molecule has 0 aliphatic heterocycles. The number of halogens is 1. The van der Waals surface area contributed by atoms with Crippen LogP contribution in [0.5, 0.6) is 0 Å². The zero-order chi connectivity index (χ0) is 9.10. The predicted molar refractivity (Wildman–Crippen MR) is 62.0 cm³/mol. The molecule has 1 aliphatic carbocycles. The van der Waals surface area contributed by atoms with Gasteiger partial charge in [0.25, 0.3) is 0 Å². The second-order valence-corrected chi connectivity index (χ2v) is 5.11. The van der Waals surface area contributed by atoms with Crippen LogP contribution in [0.2, 0.25) is 0 Å². The molecule has 13 heavy (non-hydrogen) atoms. The molecule has 0 bridgehead atoms. The average molecular weight is 288 g/mol. The molecular weight excluding hydrogens is 275 g/mol. The maximum absolute atomic E-state index is 5.61. The lowest BCUT2D eigenvalue weighted by Crippen LogP contribution is -1.98. The maximum Gasteiger partial charge on any atom is 0.0717 e. The van der Waals surface area contributed by atoms with E-state index in [9.17, 15) is 0 Å². The molecule has 2 rings (SSSR count). The summed E-state index contributed by atoms with van der Waals surface area (Å²) in [5.41, 5.74) is 1.27. The molecule has 0 heterocycles. The van der Waals surface area contributed by atoms with E-state index < -0.39 is 0 Å². The van der Waals surface area contributed by atoms with E-state index in [-0.39, 0.29) is 0 Å². The van der Waals surface area contributed by atoms with Crippen molar-refractivity contribution < 1.29 is 4.74 Å². The summed E-state index contributed by atoms with van der Waals surface area (Å²) in [6, 6.07) is 10.3. The standard InChI is InChI=1S/C11H13IO/c12-11-6-10(11)8-13-7-9-4-2-1-3-5-9/h1-5,10-11H,6-8H2/t10-,11+/m1/s1. The van der Waals surface area contributed by atoms with Gasteiger partial charge in [-0.2, -0.15) is 0 Å². The number of hydrogen-bond donors (Lipinski definition) is 0. The van der Waals surface area contributed by atoms with Crippen LogP contribution in [0.1, 0.15) is 12.0 Å². The Kier molecular flexibility index (Phi) is 3.22. The lowest BCUT2D eigenvalue weighted by molar-refractivity contribution is 0.112. The molecule has 1 aliphatic rings. The molecule has 0 radical (unpaired) electrons. The van der Waals surface area contributed by atoms with Gasteiger partial charge in [0, 0.05) is 3.92 Å². The minimum atomic E-state index is 0.765. The Balaban J connectivity index is 1.68. The van der Waals surface area contributed by atoms with E-state index in [1.54, 1.807) is 0 Å². The van der Waals surface area contributed by atoms with Crippen LogP contribution in [-0.2, 0) is 11.3 Å². The topological polar surface area (TPSA) is 9.23 Å². The lowest BCUT2D eigenvalue weighted by Gasteiger charge is -2.02. The maximum atomic E-state index is 5.61. The van der Waals surface area contributed by atoms with E-state index in [1.807, 2.05) is 6.07 Å². The molecule has 1 aromatic rings. The second-order valence-electron chi connectivity index (χ2n) is 3.51. The van der Waals surface area contributed by atoms with Gasteiger partial charge < -0.3 is 4.74 Å². The van der Waals surface area contributed by atoms with Crippen molar-refractivity contribution in [1.82, 2.24) is 0 Å². The van der Waals surface area contributed by atoms with Crippen molar-refractivity contribution in [3.63, 3.8) is 0 Å². The average Bonchev–Trinajstić information content (AvgIpc) is 2.84. The van der Waals surface area contributed by atoms with Crippen molar-refractivity contribution >= 4 is 22.6 Å². The minimum absolute atomic E-state index is 0.765. The first kappa shape index (κ1) is 9.46. The smallest absolute Gasteiger partial charge is 0.0717 e. The van der Waals surface area contributed by atoms with Gasteiger partial charge >= 0.3 is 0 Å². The van der Waals surface area contributed by atoms with E-state index >= 15 is 0 Å². The van der Waals surface area contributed by atoms with Crippen LogP contribution in [0.4, 0.5) is 0 Å². The molecule has 2 atom stereocenters. The van der Waals surface area contributed by atoms with Crippen molar-refractivity contribution in [2.45, 2.75) is 17.0 Å². The fourth-order valence-corrected chi connectivity index (χ4v) is 2.15. The zero-order valence-electron chi connectivity index (χ0n) is 7.45. The molecule has 1 saturated carbocycles. The Bertz CT molecular complexity index is 260. The van der Waals surface area contributed by atoms with Crippen molar-refractivity contribution in [3.8, 4) is 0 Å². The van der Waals surface area contributed by atoms with Crippen LogP contribution >= 0.6 is 22.6 Å². The SMILES string of the molecule is I[C@H]1C[C@@H]1COCc1ccccc1. The number of benzene rings is 1. The Labute approximate surface area is 92.6 Å². The molecule has 0 saturated heterocycles. The molecule has 1 aromatic carbocycles. The van der Waals surface area contributed by atoms with Gasteiger partial charge in [0.05, 0.1) is 13.2 Å². The van der Waals surface area contributed by atoms with E-state index in [4.69, 9.17) is 4.74 Å². The summed E-state index contributed by atoms with van der Waals surface area (Å²) >= 11 is 2.49. The lowest BCUT2D eigenvalue weighted by atomic mass is 10.2. The Morgan fingerprint density at radius 1 is 1.31 bits per heavy atom. The molecule has 0 aromatic heterocycles. The van der Waals surface area contributed by atoms with Gasteiger partial charge in [-0.15, -0.1) is 0 Å². The third-order valence-electron chi connectivity index (χ3n) is 2.28. The molecule has 0 amide bonds. The van der Waals surface area contributed by atoms with Crippen molar-refractivity contribution in [2.75, 3.05) is 6.61 Å². The van der Waals surface area contributed by atoms with Crippen LogP contribution in [-0.4, -0.2) is 10.5 Å². The summed E-state index contributed by atoms with van der Waals surface area (Å²) in [5, 5.41) is 0. The van der Waals surface area contributed by atoms with Crippen LogP contribution < -0.4 is 0 Å². The molecule has 0 spiro atoms. The number of hydrogen-bond acceptors (Lipinski definition) is 1. The summed E-state index contributed by atoms with van der Waals surface area (Å²) in [7, 11) is 0. The largest absolute Gasteiger partial charge is 0.376 e. The monoisotopic (exact) mass is 288 g/mol. The third kappa shape index (κ3) is 2.95. The normalized spacial score (nSPS) is 25.9. The van der Waals surface area contributed by atoms with Crippen molar-refractivity contribution in [2.24, 2.45) is 5.92 Å². The Morgan fingerprint density at radius 2 is 2.00 bits per heavy atom. The molecule has 1 fully saturated rings. The highest BCUT2D eigenvalue weighted by molar-refractivity contribution is 14.1. The number of rotatable bonds is 4. The quantitative estimate of drug-likeness (QED) is 0.611. The molecule has 0 unspecified atom stereocenters. The summed E-state index contributed by atoms with van der Waals surface area (Å²) in [4.78, 5) is 0. The fourth-order valence-electron chi connectivity index (χ4n) is 1.29. The first-order chi connectivity index (χ1) is 6.36. The highest BCUT2D eigenvalue weighted by Gasteiger charge is 2.34. The van der Waals surface area contributed by atoms with Gasteiger partial charge in [-0.3, -0.25) is 0 Å². The van der Waals surface area contributed by atoms with Gasteiger partial charge in [0.2, 0.25) is 0 Å². The summed E-state index contributed by atoms with van der Waals surface area (Å²) < 4.78 is 6.48. The molecule has 1 nitrogen and oxygen atoms in total. The van der Waals surface area contributed by atoms with Gasteiger partial charge in [0.1, 0.15) is 0 Å². The summed E-state index contributed by atoms with van der Waals surface area (Å²) in [5.74, 6) is 0.823. The zero-order valence-corrected chi connectivity index (χ0v) is 9.61. The van der Waals surface area contributed by atoms with Crippen LogP contribution in [0.25, 0.3) is 0 Å². The van der Waals surface area contributed by atoms with E-state index in [0.717, 1.165) is 23.1 Å². The van der Waals surface area contributed by atoms with Gasteiger partial charge in [-0.25, -0.2) is 0 Å². The van der Waals surface area contributed by atoms with E-state index in [0.29, 0.717) is 0 Å². The highest BCUT2D eigenvalue weighted by Crippen LogP contribution is 2.38. The molecule has 2 heteroatoms. The van der Waals surface area contributed by atoms with Gasteiger partial charge in [0.15, 0.2) is 0 Å². The number of ether oxygens (including phenoxy) is 1. The van der Waals surface area contributed by atoms with Crippen molar-refractivity contribution in [1.29, 1.82) is 0 Å². The Morgan fingerprint density at radius 3 is 2.62 bits per heavy atom. The first-order valence-corrected chi connectivity index (χ1v) is 5.86. The van der Waals surface area contributed by atoms with Gasteiger partial charge in [-0.1, -0.05) is 52.9 Å². The van der Waals surface area contributed by atoms with E-state index in [2.05, 4.69) is 46.9 Å². The van der Waals surface area contributed by atoms with Crippen LogP contribution in [0, 0.1) is 5.92 Å². The molecular formula is C11H13IO. The molecule has 70 valence electrons. The van der Waals surface area contributed by atoms with E-state index in [1.165, 1.54) is 12.0 Å². The van der Waals surface area contributed by atoms with Crippen LogP contribution in [0.15, 0.2) is 30.3 Å². The summed E-state index contributed by atoms with van der Waals surface area (Å²) in [6.45, 7) is 1.70. The van der Waals surface area contributed by atoms with Crippen LogP contribution in [0.3, 0.4) is 0 Å². The second kappa shape index (κ2) is 4.42. The summed E-state index contributed by atoms with van der Waals surface area (Å²) in [6.07, 6.45) is 1.34.